The smallest absolute Gasteiger partial charge is 0.261 e. The Hall–Kier alpha value is -3.64. The number of aromatic amines is 1. The molecule has 0 saturated heterocycles. The van der Waals surface area contributed by atoms with Crippen LogP contribution in [0.15, 0.2) is 72.9 Å². The maximum absolute atomic E-state index is 12.7. The molecule has 1 atom stereocenters. The summed E-state index contributed by atoms with van der Waals surface area (Å²) in [6, 6.07) is 20.1. The maximum Gasteiger partial charge on any atom is 0.261 e. The van der Waals surface area contributed by atoms with Gasteiger partial charge < -0.3 is 4.74 Å². The molecule has 1 aromatic heterocycles. The van der Waals surface area contributed by atoms with Crippen molar-refractivity contribution in [2.24, 2.45) is 0 Å². The summed E-state index contributed by atoms with van der Waals surface area (Å²) in [6.07, 6.45) is 1.73. The molecule has 1 unspecified atom stereocenters. The normalized spacial score (nSPS) is 14.2. The number of carbonyl (C=O) groups is 2. The van der Waals surface area contributed by atoms with Crippen molar-refractivity contribution in [2.45, 2.75) is 12.5 Å². The number of fused-ring (bicyclic) bond motifs is 2. The number of carbonyl (C=O) groups excluding carboxylic acids is 2. The van der Waals surface area contributed by atoms with E-state index in [0.717, 1.165) is 16.5 Å². The predicted molar refractivity (Wildman–Crippen MR) is 117 cm³/mol. The third-order valence-electron chi connectivity index (χ3n) is 5.42. The number of rotatable bonds is 6. The van der Waals surface area contributed by atoms with Gasteiger partial charge in [0.1, 0.15) is 11.9 Å². The molecule has 2 heterocycles. The first-order valence-electron chi connectivity index (χ1n) is 9.91. The van der Waals surface area contributed by atoms with Crippen LogP contribution in [0.5, 0.6) is 5.75 Å². The second kappa shape index (κ2) is 7.89. The molecule has 0 saturated carbocycles. The lowest BCUT2D eigenvalue weighted by molar-refractivity contribution is 0.0630. The molecule has 154 valence electrons. The number of amides is 2. The summed E-state index contributed by atoms with van der Waals surface area (Å²) in [6.45, 7) is 0.237. The van der Waals surface area contributed by atoms with Crippen LogP contribution >= 0.6 is 11.6 Å². The zero-order chi connectivity index (χ0) is 21.4. The molecule has 0 bridgehead atoms. The van der Waals surface area contributed by atoms with Crippen LogP contribution in [0.25, 0.3) is 10.9 Å². The van der Waals surface area contributed by atoms with Crippen molar-refractivity contribution in [3.05, 3.63) is 94.6 Å². The molecule has 2 amide bonds. The van der Waals surface area contributed by atoms with E-state index in [-0.39, 0.29) is 24.5 Å². The molecule has 0 spiro atoms. The van der Waals surface area contributed by atoms with Gasteiger partial charge in [0.15, 0.2) is 0 Å². The van der Waals surface area contributed by atoms with E-state index >= 15 is 0 Å². The minimum atomic E-state index is -0.387. The van der Waals surface area contributed by atoms with E-state index in [1.165, 1.54) is 4.90 Å². The first-order chi connectivity index (χ1) is 15.1. The van der Waals surface area contributed by atoms with Gasteiger partial charge in [0.2, 0.25) is 0 Å². The van der Waals surface area contributed by atoms with Crippen molar-refractivity contribution in [3.63, 3.8) is 0 Å². The largest absolute Gasteiger partial charge is 0.485 e. The van der Waals surface area contributed by atoms with Gasteiger partial charge in [-0.05, 0) is 29.8 Å². The molecule has 6 nitrogen and oxygen atoms in total. The standard InChI is InChI=1S/C24H18ClN3O3/c25-16-12-20-19(14-26-27-20)22(13-16)31-21(15-6-2-1-3-7-15)10-11-28-23(29)17-8-4-5-9-18(17)24(28)30/h1-9,12-14,21H,10-11H2,(H,26,27). The highest BCUT2D eigenvalue weighted by Crippen LogP contribution is 2.34. The van der Waals surface area contributed by atoms with Crippen LogP contribution < -0.4 is 4.74 Å². The van der Waals surface area contributed by atoms with E-state index in [2.05, 4.69) is 10.2 Å². The molecule has 5 rings (SSSR count). The summed E-state index contributed by atoms with van der Waals surface area (Å²) < 4.78 is 6.37. The van der Waals surface area contributed by atoms with Gasteiger partial charge in [-0.2, -0.15) is 5.10 Å². The molecule has 1 aliphatic rings. The Kier molecular flexibility index (Phi) is 4.92. The highest BCUT2D eigenvalue weighted by Gasteiger charge is 2.35. The third kappa shape index (κ3) is 3.55. The molecule has 1 aliphatic heterocycles. The molecule has 31 heavy (non-hydrogen) atoms. The number of ether oxygens (including phenoxy) is 1. The van der Waals surface area contributed by atoms with Crippen molar-refractivity contribution in [2.75, 3.05) is 6.54 Å². The van der Waals surface area contributed by atoms with Gasteiger partial charge in [0.25, 0.3) is 11.8 Å². The fourth-order valence-corrected chi connectivity index (χ4v) is 4.09. The predicted octanol–water partition coefficient (Wildman–Crippen LogP) is 5.02. The quantitative estimate of drug-likeness (QED) is 0.435. The number of nitrogens with one attached hydrogen (secondary N) is 1. The monoisotopic (exact) mass is 431 g/mol. The Morgan fingerprint density at radius 3 is 2.35 bits per heavy atom. The highest BCUT2D eigenvalue weighted by atomic mass is 35.5. The fourth-order valence-electron chi connectivity index (χ4n) is 3.89. The molecule has 7 heteroatoms. The van der Waals surface area contributed by atoms with Crippen molar-refractivity contribution in [1.82, 2.24) is 15.1 Å². The zero-order valence-corrected chi connectivity index (χ0v) is 17.2. The molecule has 3 aromatic carbocycles. The van der Waals surface area contributed by atoms with E-state index in [4.69, 9.17) is 16.3 Å². The zero-order valence-electron chi connectivity index (χ0n) is 16.4. The summed E-state index contributed by atoms with van der Waals surface area (Å²) in [5.41, 5.74) is 2.60. The Labute approximate surface area is 183 Å². The lowest BCUT2D eigenvalue weighted by Crippen LogP contribution is -2.32. The van der Waals surface area contributed by atoms with E-state index in [1.54, 1.807) is 42.6 Å². The molecule has 0 fully saturated rings. The van der Waals surface area contributed by atoms with Crippen LogP contribution in [0.4, 0.5) is 0 Å². The summed E-state index contributed by atoms with van der Waals surface area (Å²) in [5.74, 6) is 0.0484. The first-order valence-corrected chi connectivity index (χ1v) is 10.3. The summed E-state index contributed by atoms with van der Waals surface area (Å²) >= 11 is 6.26. The first kappa shape index (κ1) is 19.3. The SMILES string of the molecule is O=C1c2ccccc2C(=O)N1CCC(Oc1cc(Cl)cc2[nH]ncc12)c1ccccc1. The van der Waals surface area contributed by atoms with Gasteiger partial charge in [0, 0.05) is 18.0 Å². The van der Waals surface area contributed by atoms with Crippen LogP contribution in [-0.4, -0.2) is 33.5 Å². The number of benzene rings is 3. The average molecular weight is 432 g/mol. The van der Waals surface area contributed by atoms with Crippen molar-refractivity contribution in [3.8, 4) is 5.75 Å². The van der Waals surface area contributed by atoms with Gasteiger partial charge >= 0.3 is 0 Å². The number of H-pyrrole nitrogens is 1. The van der Waals surface area contributed by atoms with Crippen molar-refractivity contribution < 1.29 is 14.3 Å². The minimum Gasteiger partial charge on any atom is -0.485 e. The van der Waals surface area contributed by atoms with Gasteiger partial charge in [-0.1, -0.05) is 54.1 Å². The average Bonchev–Trinajstić information content (AvgIpc) is 3.35. The number of halogens is 1. The topological polar surface area (TPSA) is 75.3 Å². The van der Waals surface area contributed by atoms with Crippen LogP contribution in [0.3, 0.4) is 0 Å². The molecule has 0 aliphatic carbocycles. The fraction of sp³-hybridized carbons (Fsp3) is 0.125. The van der Waals surface area contributed by atoms with E-state index < -0.39 is 0 Å². The second-order valence-corrected chi connectivity index (χ2v) is 7.78. The van der Waals surface area contributed by atoms with E-state index in [9.17, 15) is 9.59 Å². The van der Waals surface area contributed by atoms with E-state index in [0.29, 0.717) is 28.3 Å². The van der Waals surface area contributed by atoms with Crippen LogP contribution in [-0.2, 0) is 0 Å². The second-order valence-electron chi connectivity index (χ2n) is 7.35. The molecule has 0 radical (unpaired) electrons. The molecule has 1 N–H and O–H groups in total. The number of hydrogen-bond acceptors (Lipinski definition) is 4. The van der Waals surface area contributed by atoms with Gasteiger partial charge in [0.05, 0.1) is 28.2 Å². The Morgan fingerprint density at radius 2 is 1.65 bits per heavy atom. The Balaban J connectivity index is 1.42. The van der Waals surface area contributed by atoms with Crippen LogP contribution in [0, 0.1) is 0 Å². The number of nitrogens with zero attached hydrogens (tertiary/aromatic N) is 2. The van der Waals surface area contributed by atoms with Gasteiger partial charge in [-0.3, -0.25) is 19.6 Å². The Bertz CT molecular complexity index is 1250. The van der Waals surface area contributed by atoms with Crippen molar-refractivity contribution >= 4 is 34.3 Å². The number of imide groups is 1. The highest BCUT2D eigenvalue weighted by molar-refractivity contribution is 6.31. The summed E-state index contributed by atoms with van der Waals surface area (Å²) in [7, 11) is 0. The van der Waals surface area contributed by atoms with Crippen LogP contribution in [0.1, 0.15) is 38.8 Å². The van der Waals surface area contributed by atoms with Crippen molar-refractivity contribution in [1.29, 1.82) is 0 Å². The molecular weight excluding hydrogens is 414 g/mol. The van der Waals surface area contributed by atoms with Gasteiger partial charge in [-0.25, -0.2) is 0 Å². The van der Waals surface area contributed by atoms with E-state index in [1.807, 2.05) is 30.3 Å². The maximum atomic E-state index is 12.7. The summed E-state index contributed by atoms with van der Waals surface area (Å²) in [5, 5.41) is 8.31. The lowest BCUT2D eigenvalue weighted by Gasteiger charge is -2.23. The molecule has 4 aromatic rings. The summed E-state index contributed by atoms with van der Waals surface area (Å²) in [4.78, 5) is 26.8. The molecular formula is C24H18ClN3O3. The van der Waals surface area contributed by atoms with Crippen LogP contribution in [0.2, 0.25) is 5.02 Å². The number of hydrogen-bond donors (Lipinski definition) is 1. The third-order valence-corrected chi connectivity index (χ3v) is 5.64. The minimum absolute atomic E-state index is 0.237. The Morgan fingerprint density at radius 1 is 0.968 bits per heavy atom. The number of aromatic nitrogens is 2. The van der Waals surface area contributed by atoms with Gasteiger partial charge in [-0.15, -0.1) is 0 Å². The lowest BCUT2D eigenvalue weighted by atomic mass is 10.1.